The van der Waals surface area contributed by atoms with E-state index in [1.54, 1.807) is 6.08 Å². The second-order valence-electron chi connectivity index (χ2n) is 0.957. The van der Waals surface area contributed by atoms with Crippen LogP contribution in [0.5, 0.6) is 0 Å². The molecule has 0 amide bonds. The van der Waals surface area contributed by atoms with Crippen molar-refractivity contribution in [2.75, 3.05) is 6.54 Å². The van der Waals surface area contributed by atoms with Gasteiger partial charge in [-0.05, 0) is 12.2 Å². The zero-order chi connectivity index (χ0) is 5.70. The molecule has 0 aliphatic rings. The zero-order valence-corrected chi connectivity index (χ0v) is 4.62. The SMILES string of the molecule is C=CCNC([O])=S. The van der Waals surface area contributed by atoms with E-state index in [1.165, 1.54) is 0 Å². The topological polar surface area (TPSA) is 31.9 Å². The molecule has 7 heavy (non-hydrogen) atoms. The van der Waals surface area contributed by atoms with Crippen molar-refractivity contribution in [3.05, 3.63) is 12.7 Å². The second kappa shape index (κ2) is 3.61. The Bertz CT molecular complexity index is 81.8. The van der Waals surface area contributed by atoms with Gasteiger partial charge in [0.1, 0.15) is 0 Å². The lowest BCUT2D eigenvalue weighted by Gasteiger charge is -1.89. The molecule has 0 aromatic carbocycles. The average Bonchev–Trinajstić information content (AvgIpc) is 1.61. The van der Waals surface area contributed by atoms with Crippen LogP contribution in [0, 0.1) is 0 Å². The van der Waals surface area contributed by atoms with Crippen molar-refractivity contribution in [2.45, 2.75) is 0 Å². The lowest BCUT2D eigenvalue weighted by Crippen LogP contribution is -2.18. The highest BCUT2D eigenvalue weighted by molar-refractivity contribution is 7.79. The van der Waals surface area contributed by atoms with Gasteiger partial charge in [0, 0.05) is 6.54 Å². The molecule has 0 fully saturated rings. The highest BCUT2D eigenvalue weighted by Crippen LogP contribution is 1.62. The molecule has 0 rings (SSSR count). The van der Waals surface area contributed by atoms with Crippen LogP contribution in [0.25, 0.3) is 0 Å². The third-order valence-electron chi connectivity index (χ3n) is 0.391. The van der Waals surface area contributed by atoms with E-state index in [4.69, 9.17) is 0 Å². The van der Waals surface area contributed by atoms with Gasteiger partial charge in [-0.2, -0.15) is 0 Å². The van der Waals surface area contributed by atoms with Crippen molar-refractivity contribution in [3.63, 3.8) is 0 Å². The van der Waals surface area contributed by atoms with E-state index in [2.05, 4.69) is 24.1 Å². The minimum Gasteiger partial charge on any atom is -0.340 e. The molecular formula is C4H6NOS. The molecule has 0 spiro atoms. The first-order chi connectivity index (χ1) is 3.27. The number of hydrogen-bond acceptors (Lipinski definition) is 1. The standard InChI is InChI=1S/C4H6NOS/c1-2-3-5-4(6)7/h2H,1,3H2,(H,5,7). The molecule has 1 radical (unpaired) electrons. The van der Waals surface area contributed by atoms with Crippen LogP contribution in [0.3, 0.4) is 0 Å². The minimum absolute atomic E-state index is 0.431. The Morgan fingerprint density at radius 1 is 2.00 bits per heavy atom. The van der Waals surface area contributed by atoms with Gasteiger partial charge in [0.15, 0.2) is 0 Å². The second-order valence-corrected chi connectivity index (χ2v) is 1.33. The Balaban J connectivity index is 2.97. The van der Waals surface area contributed by atoms with Crippen molar-refractivity contribution in [3.8, 4) is 0 Å². The molecule has 0 aliphatic heterocycles. The molecule has 3 heteroatoms. The lowest BCUT2D eigenvalue weighted by atomic mass is 10.6. The Kier molecular flexibility index (Phi) is 3.32. The minimum atomic E-state index is -0.431. The van der Waals surface area contributed by atoms with Gasteiger partial charge in [0.2, 0.25) is 0 Å². The Labute approximate surface area is 47.8 Å². The molecule has 39 valence electrons. The van der Waals surface area contributed by atoms with E-state index in [9.17, 15) is 5.11 Å². The highest BCUT2D eigenvalue weighted by atomic mass is 32.1. The van der Waals surface area contributed by atoms with E-state index in [1.807, 2.05) is 0 Å². The van der Waals surface area contributed by atoms with Gasteiger partial charge in [-0.1, -0.05) is 6.08 Å². The Morgan fingerprint density at radius 3 is 2.71 bits per heavy atom. The maximum atomic E-state index is 9.86. The fourth-order valence-electron chi connectivity index (χ4n) is 0.156. The predicted molar refractivity (Wildman–Crippen MR) is 31.5 cm³/mol. The van der Waals surface area contributed by atoms with Crippen LogP contribution < -0.4 is 5.32 Å². The van der Waals surface area contributed by atoms with E-state index in [0.717, 1.165) is 0 Å². The van der Waals surface area contributed by atoms with Gasteiger partial charge in [-0.25, -0.2) is 0 Å². The summed E-state index contributed by atoms with van der Waals surface area (Å²) in [5, 5.41) is 11.8. The molecule has 0 bridgehead atoms. The number of nitrogens with one attached hydrogen (secondary N) is 1. The maximum absolute atomic E-state index is 9.86. The van der Waals surface area contributed by atoms with Crippen molar-refractivity contribution < 1.29 is 5.11 Å². The average molecular weight is 116 g/mol. The molecule has 0 aromatic heterocycles. The van der Waals surface area contributed by atoms with Crippen LogP contribution in [0.4, 0.5) is 0 Å². The normalized spacial score (nSPS) is 7.43. The maximum Gasteiger partial charge on any atom is 0.310 e. The van der Waals surface area contributed by atoms with Crippen molar-refractivity contribution in [2.24, 2.45) is 0 Å². The quantitative estimate of drug-likeness (QED) is 0.420. The van der Waals surface area contributed by atoms with Crippen LogP contribution in [0.15, 0.2) is 12.7 Å². The van der Waals surface area contributed by atoms with Gasteiger partial charge in [-0.15, -0.1) is 6.58 Å². The monoisotopic (exact) mass is 116 g/mol. The van der Waals surface area contributed by atoms with E-state index < -0.39 is 5.17 Å². The number of thiocarbonyl (C=S) groups is 1. The summed E-state index contributed by atoms with van der Waals surface area (Å²) in [6, 6.07) is 0. The van der Waals surface area contributed by atoms with Crippen LogP contribution in [0.2, 0.25) is 0 Å². The summed E-state index contributed by atoms with van der Waals surface area (Å²) in [7, 11) is 0. The van der Waals surface area contributed by atoms with Gasteiger partial charge in [0.05, 0.1) is 0 Å². The molecular weight excluding hydrogens is 110 g/mol. The smallest absolute Gasteiger partial charge is 0.310 e. The van der Waals surface area contributed by atoms with E-state index in [0.29, 0.717) is 6.54 Å². The summed E-state index contributed by atoms with van der Waals surface area (Å²) in [5.41, 5.74) is 0. The summed E-state index contributed by atoms with van der Waals surface area (Å²) in [5.74, 6) is 0. The first kappa shape index (κ1) is 6.43. The van der Waals surface area contributed by atoms with Crippen molar-refractivity contribution in [1.29, 1.82) is 0 Å². The first-order valence-corrected chi connectivity index (χ1v) is 2.24. The molecule has 0 saturated heterocycles. The Morgan fingerprint density at radius 2 is 2.57 bits per heavy atom. The van der Waals surface area contributed by atoms with Crippen LogP contribution in [-0.2, 0) is 5.11 Å². The van der Waals surface area contributed by atoms with Crippen LogP contribution in [-0.4, -0.2) is 11.7 Å². The van der Waals surface area contributed by atoms with E-state index in [-0.39, 0.29) is 0 Å². The summed E-state index contributed by atoms with van der Waals surface area (Å²) in [6.45, 7) is 3.83. The summed E-state index contributed by atoms with van der Waals surface area (Å²) >= 11 is 4.15. The lowest BCUT2D eigenvalue weighted by molar-refractivity contribution is 0.418. The number of hydrogen-bond donors (Lipinski definition) is 1. The molecule has 0 saturated carbocycles. The molecule has 0 heterocycles. The summed E-state index contributed by atoms with van der Waals surface area (Å²) in [6.07, 6.45) is 1.57. The van der Waals surface area contributed by atoms with E-state index >= 15 is 0 Å². The molecule has 0 aromatic rings. The first-order valence-electron chi connectivity index (χ1n) is 1.83. The number of rotatable bonds is 2. The van der Waals surface area contributed by atoms with Crippen LogP contribution in [0.1, 0.15) is 0 Å². The molecule has 0 unspecified atom stereocenters. The summed E-state index contributed by atoms with van der Waals surface area (Å²) in [4.78, 5) is 0. The Hall–Kier alpha value is -0.570. The van der Waals surface area contributed by atoms with Gasteiger partial charge in [-0.3, -0.25) is 5.11 Å². The largest absolute Gasteiger partial charge is 0.340 e. The predicted octanol–water partition coefficient (Wildman–Crippen LogP) is 0.477. The highest BCUT2D eigenvalue weighted by Gasteiger charge is 1.83. The third kappa shape index (κ3) is 5.43. The van der Waals surface area contributed by atoms with Gasteiger partial charge < -0.3 is 5.32 Å². The zero-order valence-electron chi connectivity index (χ0n) is 3.81. The molecule has 0 aliphatic carbocycles. The summed E-state index contributed by atoms with van der Waals surface area (Å²) < 4.78 is 0. The van der Waals surface area contributed by atoms with Crippen LogP contribution >= 0.6 is 12.2 Å². The molecule has 2 nitrogen and oxygen atoms in total. The molecule has 0 atom stereocenters. The fraction of sp³-hybridized carbons (Fsp3) is 0.250. The van der Waals surface area contributed by atoms with Gasteiger partial charge >= 0.3 is 5.17 Å². The van der Waals surface area contributed by atoms with Crippen molar-refractivity contribution in [1.82, 2.24) is 5.32 Å². The van der Waals surface area contributed by atoms with Gasteiger partial charge in [0.25, 0.3) is 0 Å². The fourth-order valence-corrected chi connectivity index (χ4v) is 0.239. The third-order valence-corrected chi connectivity index (χ3v) is 0.535. The van der Waals surface area contributed by atoms with Crippen molar-refractivity contribution >= 4 is 17.4 Å². The molecule has 1 N–H and O–H groups in total.